The number of benzene rings is 2. The van der Waals surface area contributed by atoms with Gasteiger partial charge in [0.1, 0.15) is 0 Å². The van der Waals surface area contributed by atoms with Gasteiger partial charge in [0.2, 0.25) is 5.75 Å². The van der Waals surface area contributed by atoms with E-state index in [1.807, 2.05) is 30.0 Å². The second-order valence-corrected chi connectivity index (χ2v) is 7.59. The Balaban J connectivity index is 0.00000420. The van der Waals surface area contributed by atoms with Crippen LogP contribution in [0.2, 0.25) is 0 Å². The van der Waals surface area contributed by atoms with Crippen molar-refractivity contribution in [3.8, 4) is 17.2 Å². The standard InChI is InChI=1S/C21H29N3O3S.HI/c1-15(28-17-9-7-6-8-10-17)13-23-21(22-2)24-14-16-11-18(25-3)20(27-5)19(12-16)26-4;/h6-12,15H,13-14H2,1-5H3,(H2,22,23,24);1H. The van der Waals surface area contributed by atoms with Crippen molar-refractivity contribution in [3.63, 3.8) is 0 Å². The van der Waals surface area contributed by atoms with Gasteiger partial charge in [0, 0.05) is 30.3 Å². The third kappa shape index (κ3) is 7.85. The van der Waals surface area contributed by atoms with Crippen LogP contribution in [0.5, 0.6) is 17.2 Å². The first-order valence-electron chi connectivity index (χ1n) is 9.06. The van der Waals surface area contributed by atoms with Crippen LogP contribution in [0.3, 0.4) is 0 Å². The maximum Gasteiger partial charge on any atom is 0.203 e. The molecule has 0 fully saturated rings. The SMILES string of the molecule is CN=C(NCc1cc(OC)c(OC)c(OC)c1)NCC(C)Sc1ccccc1.I. The van der Waals surface area contributed by atoms with Gasteiger partial charge in [-0.3, -0.25) is 4.99 Å². The predicted octanol–water partition coefficient (Wildman–Crippen LogP) is 4.18. The van der Waals surface area contributed by atoms with Crippen molar-refractivity contribution in [3.05, 3.63) is 48.0 Å². The number of halogens is 1. The summed E-state index contributed by atoms with van der Waals surface area (Å²) in [7, 11) is 6.58. The predicted molar refractivity (Wildman–Crippen MR) is 131 cm³/mol. The summed E-state index contributed by atoms with van der Waals surface area (Å²) in [6.07, 6.45) is 0. The zero-order chi connectivity index (χ0) is 20.4. The summed E-state index contributed by atoms with van der Waals surface area (Å²) in [6, 6.07) is 14.2. The highest BCUT2D eigenvalue weighted by Crippen LogP contribution is 2.38. The first kappa shape index (κ1) is 25.2. The van der Waals surface area contributed by atoms with Gasteiger partial charge in [-0.05, 0) is 29.8 Å². The number of aliphatic imine (C=N–C) groups is 1. The number of hydrogen-bond donors (Lipinski definition) is 2. The fourth-order valence-corrected chi connectivity index (χ4v) is 3.60. The van der Waals surface area contributed by atoms with Gasteiger partial charge >= 0.3 is 0 Å². The van der Waals surface area contributed by atoms with Crippen LogP contribution in [-0.2, 0) is 6.54 Å². The van der Waals surface area contributed by atoms with Gasteiger partial charge in [-0.15, -0.1) is 35.7 Å². The summed E-state index contributed by atoms with van der Waals surface area (Å²) < 4.78 is 16.2. The molecule has 29 heavy (non-hydrogen) atoms. The molecule has 0 aliphatic rings. The third-order valence-electron chi connectivity index (χ3n) is 4.05. The maximum absolute atomic E-state index is 5.41. The van der Waals surface area contributed by atoms with Crippen molar-refractivity contribution in [1.29, 1.82) is 0 Å². The van der Waals surface area contributed by atoms with Gasteiger partial charge in [0.15, 0.2) is 17.5 Å². The number of nitrogens with zero attached hydrogens (tertiary/aromatic N) is 1. The third-order valence-corrected chi connectivity index (χ3v) is 5.16. The van der Waals surface area contributed by atoms with E-state index in [0.29, 0.717) is 29.0 Å². The summed E-state index contributed by atoms with van der Waals surface area (Å²) >= 11 is 1.83. The van der Waals surface area contributed by atoms with E-state index < -0.39 is 0 Å². The highest BCUT2D eigenvalue weighted by Gasteiger charge is 2.13. The van der Waals surface area contributed by atoms with E-state index in [0.717, 1.165) is 18.1 Å². The largest absolute Gasteiger partial charge is 0.493 e. The van der Waals surface area contributed by atoms with Crippen LogP contribution in [-0.4, -0.2) is 46.1 Å². The summed E-state index contributed by atoms with van der Waals surface area (Å²) in [5.74, 6) is 2.60. The minimum absolute atomic E-state index is 0. The van der Waals surface area contributed by atoms with E-state index in [-0.39, 0.29) is 24.0 Å². The smallest absolute Gasteiger partial charge is 0.203 e. The molecule has 0 aromatic heterocycles. The molecule has 2 aromatic rings. The lowest BCUT2D eigenvalue weighted by Crippen LogP contribution is -2.39. The number of hydrogen-bond acceptors (Lipinski definition) is 5. The van der Waals surface area contributed by atoms with Gasteiger partial charge < -0.3 is 24.8 Å². The van der Waals surface area contributed by atoms with Crippen LogP contribution in [0.4, 0.5) is 0 Å². The number of methoxy groups -OCH3 is 3. The lowest BCUT2D eigenvalue weighted by Gasteiger charge is -2.17. The molecule has 0 saturated heterocycles. The van der Waals surface area contributed by atoms with Crippen molar-refractivity contribution in [2.24, 2.45) is 4.99 Å². The van der Waals surface area contributed by atoms with Crippen molar-refractivity contribution >= 4 is 41.7 Å². The Morgan fingerprint density at radius 2 is 1.62 bits per heavy atom. The molecule has 2 N–H and O–H groups in total. The van der Waals surface area contributed by atoms with Gasteiger partial charge in [-0.25, -0.2) is 0 Å². The molecular formula is C21H30IN3O3S. The van der Waals surface area contributed by atoms with E-state index in [1.54, 1.807) is 28.4 Å². The van der Waals surface area contributed by atoms with Crippen molar-refractivity contribution in [1.82, 2.24) is 10.6 Å². The zero-order valence-corrected chi connectivity index (χ0v) is 20.7. The molecule has 6 nitrogen and oxygen atoms in total. The second kappa shape index (κ2) is 13.4. The van der Waals surface area contributed by atoms with Crippen molar-refractivity contribution < 1.29 is 14.2 Å². The van der Waals surface area contributed by atoms with Gasteiger partial charge in [-0.1, -0.05) is 25.1 Å². The van der Waals surface area contributed by atoms with E-state index in [4.69, 9.17) is 14.2 Å². The monoisotopic (exact) mass is 531 g/mol. The molecule has 0 bridgehead atoms. The topological polar surface area (TPSA) is 64.1 Å². The molecule has 1 unspecified atom stereocenters. The summed E-state index contributed by atoms with van der Waals surface area (Å²) in [5, 5.41) is 7.10. The molecule has 2 rings (SSSR count). The molecule has 0 spiro atoms. The highest BCUT2D eigenvalue weighted by molar-refractivity contribution is 14.0. The van der Waals surface area contributed by atoms with E-state index in [1.165, 1.54) is 4.90 Å². The lowest BCUT2D eigenvalue weighted by atomic mass is 10.2. The van der Waals surface area contributed by atoms with Gasteiger partial charge in [0.05, 0.1) is 21.3 Å². The summed E-state index contributed by atoms with van der Waals surface area (Å²) in [6.45, 7) is 3.57. The van der Waals surface area contributed by atoms with Crippen LogP contribution in [0.15, 0.2) is 52.4 Å². The van der Waals surface area contributed by atoms with Crippen molar-refractivity contribution in [2.75, 3.05) is 34.9 Å². The summed E-state index contributed by atoms with van der Waals surface area (Å²) in [4.78, 5) is 5.56. The first-order valence-corrected chi connectivity index (χ1v) is 9.94. The minimum Gasteiger partial charge on any atom is -0.493 e. The highest BCUT2D eigenvalue weighted by atomic mass is 127. The molecule has 1 atom stereocenters. The molecule has 0 heterocycles. The Morgan fingerprint density at radius 3 is 2.14 bits per heavy atom. The zero-order valence-electron chi connectivity index (χ0n) is 17.5. The lowest BCUT2D eigenvalue weighted by molar-refractivity contribution is 0.323. The Labute approximate surface area is 194 Å². The van der Waals surface area contributed by atoms with Crippen LogP contribution in [0, 0.1) is 0 Å². The molecule has 0 saturated carbocycles. The second-order valence-electron chi connectivity index (χ2n) is 6.08. The quantitative estimate of drug-likeness (QED) is 0.219. The fraction of sp³-hybridized carbons (Fsp3) is 0.381. The average molecular weight is 531 g/mol. The molecule has 0 aliphatic carbocycles. The Bertz CT molecular complexity index is 750. The Morgan fingerprint density at radius 1 is 1.00 bits per heavy atom. The normalized spacial score (nSPS) is 11.8. The average Bonchev–Trinajstić information content (AvgIpc) is 2.73. The summed E-state index contributed by atoms with van der Waals surface area (Å²) in [5.41, 5.74) is 1.00. The van der Waals surface area contributed by atoms with Gasteiger partial charge in [0.25, 0.3) is 0 Å². The molecule has 0 amide bonds. The number of rotatable bonds is 9. The van der Waals surface area contributed by atoms with Crippen LogP contribution in [0.1, 0.15) is 12.5 Å². The fourth-order valence-electron chi connectivity index (χ4n) is 2.66. The molecule has 160 valence electrons. The van der Waals surface area contributed by atoms with Crippen LogP contribution in [0.25, 0.3) is 0 Å². The molecule has 2 aromatic carbocycles. The molecule has 8 heteroatoms. The first-order chi connectivity index (χ1) is 13.6. The van der Waals surface area contributed by atoms with E-state index in [2.05, 4.69) is 46.8 Å². The number of thioether (sulfide) groups is 1. The minimum atomic E-state index is 0. The van der Waals surface area contributed by atoms with E-state index in [9.17, 15) is 0 Å². The maximum atomic E-state index is 5.41. The molecule has 0 radical (unpaired) electrons. The molecule has 0 aliphatic heterocycles. The molecular weight excluding hydrogens is 501 g/mol. The Hall–Kier alpha value is -1.81. The number of ether oxygens (including phenoxy) is 3. The van der Waals surface area contributed by atoms with Crippen LogP contribution >= 0.6 is 35.7 Å². The van der Waals surface area contributed by atoms with Crippen molar-refractivity contribution in [2.45, 2.75) is 23.6 Å². The number of guanidine groups is 1. The number of nitrogens with one attached hydrogen (secondary N) is 2. The Kier molecular flexibility index (Phi) is 11.7. The van der Waals surface area contributed by atoms with E-state index >= 15 is 0 Å². The van der Waals surface area contributed by atoms with Crippen LogP contribution < -0.4 is 24.8 Å². The van der Waals surface area contributed by atoms with Gasteiger partial charge in [-0.2, -0.15) is 0 Å².